The Hall–Kier alpha value is -0.540. The molecule has 0 saturated carbocycles. The summed E-state index contributed by atoms with van der Waals surface area (Å²) in [6, 6.07) is 8.43. The second-order valence-corrected chi connectivity index (χ2v) is 5.72. The Labute approximate surface area is 100 Å². The molecule has 0 bridgehead atoms. The van der Waals surface area contributed by atoms with Gasteiger partial charge in [0, 0.05) is 22.7 Å². The smallest absolute Gasteiger partial charge is 0.0432 e. The molecule has 3 heteroatoms. The predicted molar refractivity (Wildman–Crippen MR) is 70.1 cm³/mol. The summed E-state index contributed by atoms with van der Waals surface area (Å²) in [7, 11) is 0. The third kappa shape index (κ3) is 3.84. The van der Waals surface area contributed by atoms with Crippen LogP contribution in [0.5, 0.6) is 0 Å². The molecule has 1 aromatic rings. The molecule has 2 nitrogen and oxygen atoms in total. The first-order chi connectivity index (χ1) is 6.93. The number of nitrogens with two attached hydrogens (primary N) is 1. The van der Waals surface area contributed by atoms with Gasteiger partial charge in [0.05, 0.1) is 0 Å². The summed E-state index contributed by atoms with van der Waals surface area (Å²) in [6.45, 7) is 7.20. The molecule has 1 unspecified atom stereocenters. The highest BCUT2D eigenvalue weighted by Crippen LogP contribution is 2.24. The van der Waals surface area contributed by atoms with Crippen molar-refractivity contribution in [2.75, 3.05) is 11.9 Å². The fourth-order valence-electron chi connectivity index (χ4n) is 1.41. The van der Waals surface area contributed by atoms with Crippen molar-refractivity contribution in [1.29, 1.82) is 0 Å². The number of rotatable bonds is 3. The molecule has 3 N–H and O–H groups in total. The molecule has 0 heterocycles. The van der Waals surface area contributed by atoms with Gasteiger partial charge in [-0.15, -0.1) is 0 Å². The molecule has 1 atom stereocenters. The summed E-state index contributed by atoms with van der Waals surface area (Å²) in [5.74, 6) is 0. The van der Waals surface area contributed by atoms with Crippen molar-refractivity contribution < 1.29 is 0 Å². The topological polar surface area (TPSA) is 38.0 Å². The summed E-state index contributed by atoms with van der Waals surface area (Å²) >= 11 is 3.45. The molecule has 0 fully saturated rings. The Bertz CT molecular complexity index is 318. The highest BCUT2D eigenvalue weighted by molar-refractivity contribution is 9.10. The second kappa shape index (κ2) is 4.99. The maximum absolute atomic E-state index is 5.77. The lowest BCUT2D eigenvalue weighted by Gasteiger charge is -2.31. The first-order valence-corrected chi connectivity index (χ1v) is 5.95. The average Bonchev–Trinajstić information content (AvgIpc) is 2.12. The molecule has 1 aromatic carbocycles. The number of anilines is 1. The molecule has 0 aromatic heterocycles. The molecule has 1 rings (SSSR count). The number of hydrogen-bond donors (Lipinski definition) is 2. The van der Waals surface area contributed by atoms with Gasteiger partial charge in [-0.1, -0.05) is 42.8 Å². The van der Waals surface area contributed by atoms with Crippen LogP contribution in [0.15, 0.2) is 28.7 Å². The molecule has 0 aliphatic rings. The summed E-state index contributed by atoms with van der Waals surface area (Å²) in [5, 5.41) is 3.45. The Morgan fingerprint density at radius 1 is 1.40 bits per heavy atom. The Kier molecular flexibility index (Phi) is 4.17. The number of nitrogens with one attached hydrogen (secondary N) is 1. The van der Waals surface area contributed by atoms with Crippen LogP contribution in [0.1, 0.15) is 20.8 Å². The van der Waals surface area contributed by atoms with Crippen LogP contribution in [0, 0.1) is 5.41 Å². The van der Waals surface area contributed by atoms with E-state index in [2.05, 4.69) is 54.2 Å². The molecule has 0 aliphatic carbocycles. The number of hydrogen-bond acceptors (Lipinski definition) is 2. The van der Waals surface area contributed by atoms with Gasteiger partial charge in [0.15, 0.2) is 0 Å². The number of halogens is 1. The van der Waals surface area contributed by atoms with Crippen molar-refractivity contribution in [2.24, 2.45) is 11.1 Å². The molecule has 0 amide bonds. The predicted octanol–water partition coefficient (Wildman–Crippen LogP) is 3.23. The van der Waals surface area contributed by atoms with Gasteiger partial charge in [0.2, 0.25) is 0 Å². The van der Waals surface area contributed by atoms with E-state index in [1.165, 1.54) is 0 Å². The van der Waals surface area contributed by atoms with Crippen molar-refractivity contribution in [1.82, 2.24) is 0 Å². The van der Waals surface area contributed by atoms with Crippen molar-refractivity contribution in [3.63, 3.8) is 0 Å². The fourth-order valence-corrected chi connectivity index (χ4v) is 1.81. The SMILES string of the molecule is CC(C)(C)C(CN)Nc1cccc(Br)c1. The first kappa shape index (κ1) is 12.5. The van der Waals surface area contributed by atoms with Gasteiger partial charge in [-0.3, -0.25) is 0 Å². The maximum atomic E-state index is 5.77. The van der Waals surface area contributed by atoms with Crippen LogP contribution in [0.3, 0.4) is 0 Å². The van der Waals surface area contributed by atoms with Crippen LogP contribution in [0.25, 0.3) is 0 Å². The molecular weight excluding hydrogens is 252 g/mol. The lowest BCUT2D eigenvalue weighted by Crippen LogP contribution is -2.40. The third-order valence-corrected chi connectivity index (χ3v) is 2.94. The summed E-state index contributed by atoms with van der Waals surface area (Å²) in [5.41, 5.74) is 7.04. The van der Waals surface area contributed by atoms with Gasteiger partial charge in [0.25, 0.3) is 0 Å². The lowest BCUT2D eigenvalue weighted by molar-refractivity contribution is 0.346. The van der Waals surface area contributed by atoms with E-state index in [1.54, 1.807) is 0 Å². The monoisotopic (exact) mass is 270 g/mol. The van der Waals surface area contributed by atoms with Gasteiger partial charge in [0.1, 0.15) is 0 Å². The zero-order chi connectivity index (χ0) is 11.5. The lowest BCUT2D eigenvalue weighted by atomic mass is 9.86. The third-order valence-electron chi connectivity index (χ3n) is 2.45. The van der Waals surface area contributed by atoms with Crippen LogP contribution in [-0.4, -0.2) is 12.6 Å². The van der Waals surface area contributed by atoms with Crippen LogP contribution < -0.4 is 11.1 Å². The van der Waals surface area contributed by atoms with E-state index in [0.717, 1.165) is 10.2 Å². The Morgan fingerprint density at radius 3 is 2.53 bits per heavy atom. The van der Waals surface area contributed by atoms with E-state index < -0.39 is 0 Å². The van der Waals surface area contributed by atoms with Crippen molar-refractivity contribution in [2.45, 2.75) is 26.8 Å². The Morgan fingerprint density at radius 2 is 2.07 bits per heavy atom. The van der Waals surface area contributed by atoms with E-state index >= 15 is 0 Å². The molecular formula is C12H19BrN2. The van der Waals surface area contributed by atoms with Gasteiger partial charge in [-0.05, 0) is 23.6 Å². The minimum atomic E-state index is 0.164. The average molecular weight is 271 g/mol. The molecule has 0 spiro atoms. The van der Waals surface area contributed by atoms with Crippen molar-refractivity contribution >= 4 is 21.6 Å². The first-order valence-electron chi connectivity index (χ1n) is 5.15. The van der Waals surface area contributed by atoms with Gasteiger partial charge >= 0.3 is 0 Å². The minimum Gasteiger partial charge on any atom is -0.380 e. The molecule has 0 saturated heterocycles. The zero-order valence-corrected chi connectivity index (χ0v) is 11.1. The van der Waals surface area contributed by atoms with Crippen molar-refractivity contribution in [3.05, 3.63) is 28.7 Å². The van der Waals surface area contributed by atoms with E-state index in [9.17, 15) is 0 Å². The highest BCUT2D eigenvalue weighted by atomic mass is 79.9. The second-order valence-electron chi connectivity index (χ2n) is 4.81. The number of benzene rings is 1. The minimum absolute atomic E-state index is 0.164. The van der Waals surface area contributed by atoms with E-state index in [4.69, 9.17) is 5.73 Å². The standard InChI is InChI=1S/C12H19BrN2/c1-12(2,3)11(8-14)15-10-6-4-5-9(13)7-10/h4-7,11,15H,8,14H2,1-3H3. The van der Waals surface area contributed by atoms with Gasteiger partial charge in [-0.25, -0.2) is 0 Å². The fraction of sp³-hybridized carbons (Fsp3) is 0.500. The van der Waals surface area contributed by atoms with E-state index in [-0.39, 0.29) is 11.5 Å². The Balaban J connectivity index is 2.76. The summed E-state index contributed by atoms with van der Waals surface area (Å²) < 4.78 is 1.08. The highest BCUT2D eigenvalue weighted by Gasteiger charge is 2.22. The summed E-state index contributed by atoms with van der Waals surface area (Å²) in [6.07, 6.45) is 0. The van der Waals surface area contributed by atoms with E-state index in [0.29, 0.717) is 6.54 Å². The molecule has 0 aliphatic heterocycles. The van der Waals surface area contributed by atoms with E-state index in [1.807, 2.05) is 12.1 Å². The van der Waals surface area contributed by atoms with Crippen LogP contribution in [0.2, 0.25) is 0 Å². The summed E-state index contributed by atoms with van der Waals surface area (Å²) in [4.78, 5) is 0. The molecule has 84 valence electrons. The van der Waals surface area contributed by atoms with Crippen LogP contribution in [0.4, 0.5) is 5.69 Å². The van der Waals surface area contributed by atoms with Gasteiger partial charge < -0.3 is 11.1 Å². The largest absolute Gasteiger partial charge is 0.380 e. The molecule has 0 radical (unpaired) electrons. The quantitative estimate of drug-likeness (QED) is 0.885. The van der Waals surface area contributed by atoms with Crippen LogP contribution in [-0.2, 0) is 0 Å². The van der Waals surface area contributed by atoms with Crippen molar-refractivity contribution in [3.8, 4) is 0 Å². The maximum Gasteiger partial charge on any atom is 0.0432 e. The van der Waals surface area contributed by atoms with Crippen LogP contribution >= 0.6 is 15.9 Å². The normalized spacial score (nSPS) is 13.7. The molecule has 15 heavy (non-hydrogen) atoms. The zero-order valence-electron chi connectivity index (χ0n) is 9.55. The van der Waals surface area contributed by atoms with Gasteiger partial charge in [-0.2, -0.15) is 0 Å².